The molecule has 0 spiro atoms. The van der Waals surface area contributed by atoms with Crippen LogP contribution >= 0.6 is 0 Å². The van der Waals surface area contributed by atoms with Crippen molar-refractivity contribution in [2.75, 3.05) is 11.1 Å². The van der Waals surface area contributed by atoms with Gasteiger partial charge in [0.2, 0.25) is 0 Å². The van der Waals surface area contributed by atoms with Crippen molar-refractivity contribution in [1.29, 1.82) is 0 Å². The van der Waals surface area contributed by atoms with E-state index in [0.29, 0.717) is 11.3 Å². The highest BCUT2D eigenvalue weighted by Crippen LogP contribution is 2.20. The molecule has 0 heterocycles. The molecule has 2 rings (SSSR count). The van der Waals surface area contributed by atoms with Crippen LogP contribution in [0.3, 0.4) is 0 Å². The largest absolute Gasteiger partial charge is 0.505 e. The molecule has 0 aliphatic carbocycles. The van der Waals surface area contributed by atoms with Crippen molar-refractivity contribution in [2.24, 2.45) is 0 Å². The fourth-order valence-corrected chi connectivity index (χ4v) is 1.42. The second-order valence-electron chi connectivity index (χ2n) is 3.74. The number of nitrogens with one attached hydrogen (secondary N) is 1. The van der Waals surface area contributed by atoms with Gasteiger partial charge in [0.05, 0.1) is 0 Å². The first-order valence-electron chi connectivity index (χ1n) is 5.21. The van der Waals surface area contributed by atoms with Crippen LogP contribution in [0.5, 0.6) is 5.75 Å². The van der Waals surface area contributed by atoms with Gasteiger partial charge in [0.25, 0.3) is 5.91 Å². The van der Waals surface area contributed by atoms with Crippen molar-refractivity contribution in [3.8, 4) is 5.75 Å². The Hall–Kier alpha value is -2.56. The summed E-state index contributed by atoms with van der Waals surface area (Å²) in [6.07, 6.45) is 0. The number of hydrogen-bond donors (Lipinski definition) is 3. The smallest absolute Gasteiger partial charge is 0.255 e. The van der Waals surface area contributed by atoms with Crippen LogP contribution in [0.15, 0.2) is 42.5 Å². The first-order chi connectivity index (χ1) is 8.56. The molecule has 5 heteroatoms. The highest BCUT2D eigenvalue weighted by atomic mass is 19.1. The third-order valence-corrected chi connectivity index (χ3v) is 2.38. The van der Waals surface area contributed by atoms with E-state index in [1.807, 2.05) is 0 Å². The van der Waals surface area contributed by atoms with Gasteiger partial charge in [-0.1, -0.05) is 0 Å². The van der Waals surface area contributed by atoms with Crippen molar-refractivity contribution in [3.05, 3.63) is 53.8 Å². The van der Waals surface area contributed by atoms with Crippen LogP contribution in [0.25, 0.3) is 0 Å². The summed E-state index contributed by atoms with van der Waals surface area (Å²) in [4.78, 5) is 11.8. The zero-order chi connectivity index (χ0) is 13.1. The van der Waals surface area contributed by atoms with E-state index in [4.69, 9.17) is 10.8 Å². The second-order valence-corrected chi connectivity index (χ2v) is 3.74. The van der Waals surface area contributed by atoms with Crippen LogP contribution in [0, 0.1) is 5.82 Å². The van der Waals surface area contributed by atoms with Gasteiger partial charge >= 0.3 is 0 Å². The Kier molecular flexibility index (Phi) is 3.14. The molecule has 2 aromatic carbocycles. The number of aromatic hydroxyl groups is 1. The first-order valence-corrected chi connectivity index (χ1v) is 5.21. The van der Waals surface area contributed by atoms with E-state index in [-0.39, 0.29) is 11.6 Å². The van der Waals surface area contributed by atoms with Crippen LogP contribution < -0.4 is 11.1 Å². The van der Waals surface area contributed by atoms with Gasteiger partial charge in [-0.25, -0.2) is 4.39 Å². The number of amides is 1. The standard InChI is InChI=1S/C13H11FN2O2/c14-11-7-10(5-6-12(11)17)16-13(18)8-1-3-9(15)4-2-8/h1-7,17H,15H2,(H,16,18). The van der Waals surface area contributed by atoms with Crippen LogP contribution in [0.2, 0.25) is 0 Å². The summed E-state index contributed by atoms with van der Waals surface area (Å²) in [6.45, 7) is 0. The minimum atomic E-state index is -0.787. The molecule has 1 amide bonds. The Labute approximate surface area is 103 Å². The number of phenolic OH excluding ortho intramolecular Hbond substituents is 1. The van der Waals surface area contributed by atoms with Crippen molar-refractivity contribution < 1.29 is 14.3 Å². The third-order valence-electron chi connectivity index (χ3n) is 2.38. The average molecular weight is 246 g/mol. The number of halogens is 1. The van der Waals surface area contributed by atoms with Gasteiger partial charge in [-0.05, 0) is 36.4 Å². The van der Waals surface area contributed by atoms with E-state index in [9.17, 15) is 9.18 Å². The molecule has 0 aliphatic heterocycles. The van der Waals surface area contributed by atoms with Gasteiger partial charge in [-0.2, -0.15) is 0 Å². The summed E-state index contributed by atoms with van der Waals surface area (Å²) in [5.41, 5.74) is 6.75. The number of anilines is 2. The van der Waals surface area contributed by atoms with Crippen molar-refractivity contribution in [2.45, 2.75) is 0 Å². The SMILES string of the molecule is Nc1ccc(C(=O)Nc2ccc(O)c(F)c2)cc1. The summed E-state index contributed by atoms with van der Waals surface area (Å²) in [5, 5.41) is 11.5. The zero-order valence-corrected chi connectivity index (χ0v) is 9.35. The molecule has 18 heavy (non-hydrogen) atoms. The molecular weight excluding hydrogens is 235 g/mol. The number of benzene rings is 2. The van der Waals surface area contributed by atoms with Gasteiger partial charge in [-0.15, -0.1) is 0 Å². The molecule has 0 radical (unpaired) electrons. The Morgan fingerprint density at radius 1 is 1.17 bits per heavy atom. The zero-order valence-electron chi connectivity index (χ0n) is 9.35. The second kappa shape index (κ2) is 4.75. The third kappa shape index (κ3) is 2.57. The van der Waals surface area contributed by atoms with Gasteiger partial charge in [0, 0.05) is 23.0 Å². The number of phenols is 1. The molecule has 0 saturated carbocycles. The van der Waals surface area contributed by atoms with Crippen LogP contribution in [-0.2, 0) is 0 Å². The Morgan fingerprint density at radius 2 is 1.83 bits per heavy atom. The molecule has 0 aliphatic rings. The predicted octanol–water partition coefficient (Wildman–Crippen LogP) is 2.37. The van der Waals surface area contributed by atoms with Crippen molar-refractivity contribution in [1.82, 2.24) is 0 Å². The van der Waals surface area contributed by atoms with Gasteiger partial charge in [0.1, 0.15) is 0 Å². The average Bonchev–Trinajstić information content (AvgIpc) is 2.34. The fourth-order valence-electron chi connectivity index (χ4n) is 1.42. The topological polar surface area (TPSA) is 75.4 Å². The predicted molar refractivity (Wildman–Crippen MR) is 66.9 cm³/mol. The molecular formula is C13H11FN2O2. The minimum absolute atomic E-state index is 0.270. The van der Waals surface area contributed by atoms with Crippen LogP contribution in [0.1, 0.15) is 10.4 Å². The summed E-state index contributed by atoms with van der Waals surface area (Å²) in [5.74, 6) is -1.62. The highest BCUT2D eigenvalue weighted by molar-refractivity contribution is 6.04. The monoisotopic (exact) mass is 246 g/mol. The van der Waals surface area contributed by atoms with E-state index in [0.717, 1.165) is 6.07 Å². The molecule has 0 atom stereocenters. The number of hydrogen-bond acceptors (Lipinski definition) is 3. The van der Waals surface area contributed by atoms with E-state index in [1.165, 1.54) is 12.1 Å². The quantitative estimate of drug-likeness (QED) is 0.562. The maximum absolute atomic E-state index is 13.1. The lowest BCUT2D eigenvalue weighted by atomic mass is 10.2. The number of nitrogens with two attached hydrogens (primary N) is 1. The molecule has 0 unspecified atom stereocenters. The number of nitrogen functional groups attached to an aromatic ring is 1. The number of carbonyl (C=O) groups excluding carboxylic acids is 1. The maximum Gasteiger partial charge on any atom is 0.255 e. The highest BCUT2D eigenvalue weighted by Gasteiger charge is 2.07. The molecule has 4 nitrogen and oxygen atoms in total. The molecule has 4 N–H and O–H groups in total. The first kappa shape index (κ1) is 11.9. The van der Waals surface area contributed by atoms with Crippen molar-refractivity contribution >= 4 is 17.3 Å². The van der Waals surface area contributed by atoms with Gasteiger partial charge < -0.3 is 16.2 Å². The Morgan fingerprint density at radius 3 is 2.44 bits per heavy atom. The molecule has 2 aromatic rings. The summed E-state index contributed by atoms with van der Waals surface area (Å²) in [7, 11) is 0. The normalized spacial score (nSPS) is 10.1. The molecule has 0 bridgehead atoms. The van der Waals surface area contributed by atoms with Gasteiger partial charge in [-0.3, -0.25) is 4.79 Å². The summed E-state index contributed by atoms with van der Waals surface area (Å²) in [6, 6.07) is 9.98. The molecule has 0 aromatic heterocycles. The lowest BCUT2D eigenvalue weighted by molar-refractivity contribution is 0.102. The summed E-state index contributed by atoms with van der Waals surface area (Å²) >= 11 is 0. The van der Waals surface area contributed by atoms with E-state index in [2.05, 4.69) is 5.32 Å². The van der Waals surface area contributed by atoms with E-state index >= 15 is 0 Å². The number of carbonyl (C=O) groups is 1. The molecule has 92 valence electrons. The van der Waals surface area contributed by atoms with E-state index in [1.54, 1.807) is 24.3 Å². The van der Waals surface area contributed by atoms with Crippen molar-refractivity contribution in [3.63, 3.8) is 0 Å². The minimum Gasteiger partial charge on any atom is -0.505 e. The van der Waals surface area contributed by atoms with Crippen LogP contribution in [-0.4, -0.2) is 11.0 Å². The van der Waals surface area contributed by atoms with Gasteiger partial charge in [0.15, 0.2) is 11.6 Å². The Bertz CT molecular complexity index is 582. The van der Waals surface area contributed by atoms with Crippen LogP contribution in [0.4, 0.5) is 15.8 Å². The van der Waals surface area contributed by atoms with E-state index < -0.39 is 11.6 Å². The number of rotatable bonds is 2. The summed E-state index contributed by atoms with van der Waals surface area (Å²) < 4.78 is 13.1. The molecule has 0 fully saturated rings. The fraction of sp³-hybridized carbons (Fsp3) is 0. The lowest BCUT2D eigenvalue weighted by Gasteiger charge is -2.06. The maximum atomic E-state index is 13.1. The Balaban J connectivity index is 2.16. The molecule has 0 saturated heterocycles. The lowest BCUT2D eigenvalue weighted by Crippen LogP contribution is -2.11.